The van der Waals surface area contributed by atoms with Crippen LogP contribution in [0.2, 0.25) is 38.8 Å². The molecule has 0 N–H and O–H groups in total. The molecule has 0 bridgehead atoms. The SMILES string of the molecule is CCC1=C(C)[Si](C)(C)[P+]2(c3ccccc3)[B-]1(CC)[P+]1(c3ccccc3)[B-]2(CC)C(CC)=C(C)[Si]1(C)C. The molecule has 2 aromatic carbocycles. The number of hydrogen-bond acceptors (Lipinski definition) is 0. The zero-order valence-corrected chi connectivity index (χ0v) is 28.4. The number of rotatable bonds is 6. The molecule has 0 nitrogen and oxygen atoms in total. The molecular formula is C30H48B2P2Si2. The summed E-state index contributed by atoms with van der Waals surface area (Å²) >= 11 is 0. The Morgan fingerprint density at radius 2 is 0.861 bits per heavy atom. The van der Waals surface area contributed by atoms with Crippen molar-refractivity contribution in [1.29, 1.82) is 0 Å². The van der Waals surface area contributed by atoms with E-state index in [0.717, 1.165) is 0 Å². The highest BCUT2D eigenvalue weighted by molar-refractivity contribution is 8.94. The van der Waals surface area contributed by atoms with E-state index in [0.29, 0.717) is 0 Å². The van der Waals surface area contributed by atoms with Gasteiger partial charge in [-0.05, 0) is 64.3 Å². The van der Waals surface area contributed by atoms with Crippen LogP contribution in [-0.2, 0) is 0 Å². The third-order valence-electron chi connectivity index (χ3n) is 12.7. The van der Waals surface area contributed by atoms with Crippen molar-refractivity contribution >= 4 is 50.4 Å². The maximum Gasteiger partial charge on any atom is 0.253 e. The van der Waals surface area contributed by atoms with E-state index in [-0.39, 0.29) is 0 Å². The Kier molecular flexibility index (Phi) is 6.30. The minimum Gasteiger partial charge on any atom is -0.231 e. The molecule has 1 fully saturated rings. The van der Waals surface area contributed by atoms with Gasteiger partial charge in [-0.2, -0.15) is 10.9 Å². The lowest BCUT2D eigenvalue weighted by atomic mass is 9.55. The van der Waals surface area contributed by atoms with Gasteiger partial charge in [-0.3, -0.25) is 0 Å². The summed E-state index contributed by atoms with van der Waals surface area (Å²) in [5.74, 6) is 0. The van der Waals surface area contributed by atoms with E-state index in [9.17, 15) is 0 Å². The van der Waals surface area contributed by atoms with E-state index in [2.05, 4.69) is 128 Å². The first-order valence-corrected chi connectivity index (χ1v) is 26.2. The second kappa shape index (κ2) is 8.42. The fourth-order valence-corrected chi connectivity index (χ4v) is 85.4. The molecule has 0 saturated carbocycles. The summed E-state index contributed by atoms with van der Waals surface area (Å²) in [6.07, 6.45) is 5.37. The van der Waals surface area contributed by atoms with Gasteiger partial charge in [0, 0.05) is 10.6 Å². The van der Waals surface area contributed by atoms with Crippen LogP contribution in [0.25, 0.3) is 0 Å². The molecule has 6 heteroatoms. The van der Waals surface area contributed by atoms with Crippen LogP contribution in [0.3, 0.4) is 0 Å². The van der Waals surface area contributed by atoms with Crippen molar-refractivity contribution in [2.75, 3.05) is 0 Å². The molecule has 1 saturated heterocycles. The Labute approximate surface area is 224 Å². The molecule has 0 aliphatic carbocycles. The Hall–Kier alpha value is -0.656. The lowest BCUT2D eigenvalue weighted by Crippen LogP contribution is -2.78. The largest absolute Gasteiger partial charge is 0.253 e. The zero-order chi connectivity index (χ0) is 26.4. The van der Waals surface area contributed by atoms with E-state index in [1.54, 1.807) is 0 Å². The van der Waals surface area contributed by atoms with Crippen molar-refractivity contribution in [3.63, 3.8) is 0 Å². The van der Waals surface area contributed by atoms with Crippen LogP contribution in [0.1, 0.15) is 54.4 Å². The average Bonchev–Trinajstić information content (AvgIpc) is 3.10. The summed E-state index contributed by atoms with van der Waals surface area (Å²) in [5, 5.41) is 7.54. The Morgan fingerprint density at radius 3 is 1.11 bits per heavy atom. The molecule has 0 aromatic heterocycles. The predicted molar refractivity (Wildman–Crippen MR) is 179 cm³/mol. The Balaban J connectivity index is 2.12. The predicted octanol–water partition coefficient (Wildman–Crippen LogP) is 9.66. The van der Waals surface area contributed by atoms with Gasteiger partial charge in [-0.15, -0.1) is 12.6 Å². The second-order valence-electron chi connectivity index (χ2n) is 13.1. The normalized spacial score (nSPS) is 36.1. The van der Waals surface area contributed by atoms with Gasteiger partial charge in [0.25, 0.3) is 11.2 Å². The van der Waals surface area contributed by atoms with Crippen molar-refractivity contribution in [3.8, 4) is 0 Å². The molecule has 2 aromatic rings. The van der Waals surface area contributed by atoms with Crippen LogP contribution in [0.4, 0.5) is 0 Å². The fraction of sp³-hybridized carbons (Fsp3) is 0.467. The fourth-order valence-electron chi connectivity index (χ4n) is 12.3. The smallest absolute Gasteiger partial charge is 0.231 e. The van der Waals surface area contributed by atoms with Crippen molar-refractivity contribution < 1.29 is 0 Å². The quantitative estimate of drug-likeness (QED) is 0.249. The summed E-state index contributed by atoms with van der Waals surface area (Å²) in [4.78, 5) is 0. The summed E-state index contributed by atoms with van der Waals surface area (Å²) in [7, 11) is -3.48. The average molecular weight is 548 g/mol. The molecule has 0 amide bonds. The highest BCUT2D eigenvalue weighted by Gasteiger charge is 2.97. The molecule has 0 atom stereocenters. The third-order valence-corrected chi connectivity index (χ3v) is 58.1. The molecular weight excluding hydrogens is 500 g/mol. The van der Waals surface area contributed by atoms with Crippen molar-refractivity contribution in [1.82, 2.24) is 0 Å². The Bertz CT molecular complexity index is 1160. The maximum absolute atomic E-state index is 2.85. The highest BCUT2D eigenvalue weighted by Crippen LogP contribution is 3.15. The van der Waals surface area contributed by atoms with Gasteiger partial charge in [-0.1, -0.05) is 87.3 Å². The van der Waals surface area contributed by atoms with Gasteiger partial charge < -0.3 is 0 Å². The summed E-state index contributed by atoms with van der Waals surface area (Å²) in [5.41, 5.74) is 2.83. The summed E-state index contributed by atoms with van der Waals surface area (Å²) in [6.45, 7) is 24.1. The second-order valence-corrected chi connectivity index (χ2v) is 40.4. The van der Waals surface area contributed by atoms with Crippen LogP contribution in [0, 0.1) is 0 Å². The van der Waals surface area contributed by atoms with Gasteiger partial charge in [0.2, 0.25) is 0 Å². The van der Waals surface area contributed by atoms with Gasteiger partial charge in [-0.25, -0.2) is 13.1 Å². The van der Waals surface area contributed by atoms with Crippen molar-refractivity contribution in [2.24, 2.45) is 0 Å². The first-order chi connectivity index (χ1) is 17.0. The van der Waals surface area contributed by atoms with Crippen molar-refractivity contribution in [3.05, 3.63) is 82.0 Å². The lowest BCUT2D eigenvalue weighted by molar-refractivity contribution is 1.15. The standard InChI is InChI=1S/C30H48B2P2Si2/c1-11-29-25(5)35(7,8)33(27-21-17-15-18-22-27)31(29,13-3)34(28-23-19-16-20-24-28)32(33,14-4)30(12-2)26(6)36(34,9)10/h15-24H,11-14H2,1-10H3. The monoisotopic (exact) mass is 548 g/mol. The third kappa shape index (κ3) is 2.29. The molecule has 0 unspecified atom stereocenters. The minimum absolute atomic E-state index is 0.598. The topological polar surface area (TPSA) is 0 Å². The van der Waals surface area contributed by atoms with E-state index in [4.69, 9.17) is 0 Å². The van der Waals surface area contributed by atoms with Gasteiger partial charge in [0.05, 0.1) is 0 Å². The molecule has 3 aliphatic rings. The number of fused-ring (bicyclic) bond motifs is 4. The van der Waals surface area contributed by atoms with Crippen molar-refractivity contribution in [2.45, 2.75) is 93.2 Å². The summed E-state index contributed by atoms with van der Waals surface area (Å²) < 4.78 is 0. The van der Waals surface area contributed by atoms with Crippen LogP contribution in [-0.4, -0.2) is 26.7 Å². The Morgan fingerprint density at radius 1 is 0.556 bits per heavy atom. The molecule has 36 heavy (non-hydrogen) atoms. The summed E-state index contributed by atoms with van der Waals surface area (Å²) in [6, 6.07) is 24.6. The highest BCUT2D eigenvalue weighted by atomic mass is 31.5. The van der Waals surface area contributed by atoms with Crippen LogP contribution in [0.5, 0.6) is 0 Å². The molecule has 0 radical (unpaired) electrons. The van der Waals surface area contributed by atoms with Gasteiger partial charge >= 0.3 is 0 Å². The van der Waals surface area contributed by atoms with Crippen LogP contribution >= 0.6 is 13.1 Å². The van der Waals surface area contributed by atoms with Crippen LogP contribution < -0.4 is 10.6 Å². The number of benzene rings is 2. The number of allylic oxidation sites excluding steroid dienone is 4. The first kappa shape index (κ1) is 26.9. The van der Waals surface area contributed by atoms with Crippen LogP contribution in [0.15, 0.2) is 82.0 Å². The molecule has 3 aliphatic heterocycles. The van der Waals surface area contributed by atoms with E-state index in [1.807, 2.05) is 31.9 Å². The zero-order valence-electron chi connectivity index (χ0n) is 24.7. The molecule has 3 heterocycles. The first-order valence-electron chi connectivity index (χ1n) is 14.7. The molecule has 5 rings (SSSR count). The molecule has 0 spiro atoms. The maximum atomic E-state index is 2.85. The number of hydrogen-bond donors (Lipinski definition) is 0. The molecule has 192 valence electrons. The van der Waals surface area contributed by atoms with E-state index in [1.165, 1.54) is 25.5 Å². The van der Waals surface area contributed by atoms with Gasteiger partial charge in [0.15, 0.2) is 15.5 Å². The van der Waals surface area contributed by atoms with E-state index < -0.39 is 39.8 Å². The minimum atomic E-state index is -1.74. The van der Waals surface area contributed by atoms with Gasteiger partial charge in [0.1, 0.15) is 0 Å². The van der Waals surface area contributed by atoms with E-state index >= 15 is 0 Å². The lowest BCUT2D eigenvalue weighted by Gasteiger charge is -2.86.